The Balaban J connectivity index is 1.89. The lowest BCUT2D eigenvalue weighted by molar-refractivity contribution is -0.146. The Morgan fingerprint density at radius 3 is 2.85 bits per heavy atom. The molecule has 20 heavy (non-hydrogen) atoms. The molecule has 1 aliphatic rings. The second-order valence-electron chi connectivity index (χ2n) is 4.74. The average Bonchev–Trinajstić information content (AvgIpc) is 2.46. The predicted octanol–water partition coefficient (Wildman–Crippen LogP) is 2.04. The molecule has 1 atom stereocenters. The first-order valence-corrected chi connectivity index (χ1v) is 6.83. The molecule has 1 saturated heterocycles. The summed E-state index contributed by atoms with van der Waals surface area (Å²) < 4.78 is 5.38. The fourth-order valence-electron chi connectivity index (χ4n) is 2.20. The minimum atomic E-state index is -0.852. The second-order valence-corrected chi connectivity index (χ2v) is 5.14. The Labute approximate surface area is 122 Å². The maximum Gasteiger partial charge on any atom is 0.308 e. The van der Waals surface area contributed by atoms with Crippen molar-refractivity contribution in [1.29, 1.82) is 0 Å². The molecular weight excluding hydrogens is 282 g/mol. The molecule has 0 aromatic heterocycles. The van der Waals surface area contributed by atoms with E-state index in [9.17, 15) is 9.59 Å². The number of para-hydroxylation sites is 1. The molecule has 0 saturated carbocycles. The number of nitrogens with zero attached hydrogens (tertiary/aromatic N) is 1. The van der Waals surface area contributed by atoms with Gasteiger partial charge in [-0.3, -0.25) is 9.59 Å². The van der Waals surface area contributed by atoms with E-state index in [1.54, 1.807) is 29.2 Å². The topological polar surface area (TPSA) is 66.8 Å². The minimum absolute atomic E-state index is 0.129. The van der Waals surface area contributed by atoms with E-state index >= 15 is 0 Å². The molecule has 1 aliphatic heterocycles. The number of likely N-dealkylation sites (tertiary alicyclic amines) is 1. The number of amides is 1. The van der Waals surface area contributed by atoms with Crippen LogP contribution in [0.15, 0.2) is 24.3 Å². The summed E-state index contributed by atoms with van der Waals surface area (Å²) in [5.41, 5.74) is 0. The SMILES string of the molecule is O=C(O)[C@@H]1CCCN(C(=O)COc2ccccc2Cl)C1. The van der Waals surface area contributed by atoms with Gasteiger partial charge in [0.2, 0.25) is 0 Å². The maximum atomic E-state index is 12.0. The molecule has 108 valence electrons. The highest BCUT2D eigenvalue weighted by Crippen LogP contribution is 2.23. The summed E-state index contributed by atoms with van der Waals surface area (Å²) in [5.74, 6) is -1.09. The summed E-state index contributed by atoms with van der Waals surface area (Å²) in [6.45, 7) is 0.699. The highest BCUT2D eigenvalue weighted by atomic mass is 35.5. The monoisotopic (exact) mass is 297 g/mol. The number of benzene rings is 1. The Morgan fingerprint density at radius 1 is 1.40 bits per heavy atom. The molecule has 0 bridgehead atoms. The number of carbonyl (C=O) groups excluding carboxylic acids is 1. The summed E-state index contributed by atoms with van der Waals surface area (Å²) in [4.78, 5) is 24.5. The van der Waals surface area contributed by atoms with Crippen LogP contribution in [0, 0.1) is 5.92 Å². The van der Waals surface area contributed by atoms with Crippen LogP contribution in [0.3, 0.4) is 0 Å². The molecule has 1 aromatic rings. The zero-order valence-electron chi connectivity index (χ0n) is 10.9. The van der Waals surface area contributed by atoms with Gasteiger partial charge in [0.05, 0.1) is 10.9 Å². The van der Waals surface area contributed by atoms with Crippen molar-refractivity contribution in [2.24, 2.45) is 5.92 Å². The average molecular weight is 298 g/mol. The quantitative estimate of drug-likeness (QED) is 0.923. The van der Waals surface area contributed by atoms with E-state index in [4.69, 9.17) is 21.4 Å². The Bertz CT molecular complexity index is 506. The smallest absolute Gasteiger partial charge is 0.308 e. The number of carboxylic acids is 1. The lowest BCUT2D eigenvalue weighted by Crippen LogP contribution is -2.44. The summed E-state index contributed by atoms with van der Waals surface area (Å²) >= 11 is 5.93. The molecule has 1 aromatic carbocycles. The van der Waals surface area contributed by atoms with Crippen molar-refractivity contribution in [3.63, 3.8) is 0 Å². The summed E-state index contributed by atoms with van der Waals surface area (Å²) in [7, 11) is 0. The molecule has 1 N–H and O–H groups in total. The van der Waals surface area contributed by atoms with Crippen LogP contribution in [0.4, 0.5) is 0 Å². The number of halogens is 1. The molecule has 1 heterocycles. The van der Waals surface area contributed by atoms with E-state index < -0.39 is 11.9 Å². The number of aliphatic carboxylic acids is 1. The molecule has 0 spiro atoms. The van der Waals surface area contributed by atoms with Gasteiger partial charge in [-0.1, -0.05) is 23.7 Å². The third kappa shape index (κ3) is 3.63. The highest BCUT2D eigenvalue weighted by molar-refractivity contribution is 6.32. The van der Waals surface area contributed by atoms with Gasteiger partial charge in [-0.2, -0.15) is 0 Å². The predicted molar refractivity (Wildman–Crippen MR) is 73.9 cm³/mol. The van der Waals surface area contributed by atoms with Crippen LogP contribution in [-0.4, -0.2) is 41.6 Å². The molecule has 6 heteroatoms. The van der Waals surface area contributed by atoms with Crippen LogP contribution in [0.2, 0.25) is 5.02 Å². The molecule has 1 amide bonds. The third-order valence-corrected chi connectivity index (χ3v) is 3.62. The fraction of sp³-hybridized carbons (Fsp3) is 0.429. The van der Waals surface area contributed by atoms with E-state index in [1.807, 2.05) is 0 Å². The maximum absolute atomic E-state index is 12.0. The lowest BCUT2D eigenvalue weighted by Gasteiger charge is -2.30. The van der Waals surface area contributed by atoms with Crippen molar-refractivity contribution in [1.82, 2.24) is 4.90 Å². The molecule has 2 rings (SSSR count). The largest absolute Gasteiger partial charge is 0.482 e. The number of carboxylic acid groups (broad SMARTS) is 1. The van der Waals surface area contributed by atoms with Crippen molar-refractivity contribution in [2.75, 3.05) is 19.7 Å². The van der Waals surface area contributed by atoms with Crippen molar-refractivity contribution in [3.05, 3.63) is 29.3 Å². The zero-order valence-corrected chi connectivity index (χ0v) is 11.7. The Kier molecular flexibility index (Phi) is 4.84. The first-order valence-electron chi connectivity index (χ1n) is 6.46. The van der Waals surface area contributed by atoms with Crippen LogP contribution < -0.4 is 4.74 Å². The van der Waals surface area contributed by atoms with Gasteiger partial charge in [0.1, 0.15) is 5.75 Å². The molecule has 0 radical (unpaired) electrons. The van der Waals surface area contributed by atoms with Gasteiger partial charge >= 0.3 is 5.97 Å². The third-order valence-electron chi connectivity index (χ3n) is 3.31. The van der Waals surface area contributed by atoms with E-state index in [-0.39, 0.29) is 19.1 Å². The normalized spacial score (nSPS) is 18.6. The van der Waals surface area contributed by atoms with E-state index in [2.05, 4.69) is 0 Å². The number of piperidine rings is 1. The number of ether oxygens (including phenoxy) is 1. The summed E-state index contributed by atoms with van der Waals surface area (Å²) in [6.07, 6.45) is 1.32. The van der Waals surface area contributed by atoms with Crippen LogP contribution in [0.25, 0.3) is 0 Å². The fourth-order valence-corrected chi connectivity index (χ4v) is 2.39. The zero-order chi connectivity index (χ0) is 14.5. The van der Waals surface area contributed by atoms with Gasteiger partial charge in [-0.25, -0.2) is 0 Å². The van der Waals surface area contributed by atoms with Crippen LogP contribution >= 0.6 is 11.6 Å². The number of carbonyl (C=O) groups is 2. The first-order chi connectivity index (χ1) is 9.58. The number of hydrogen-bond donors (Lipinski definition) is 1. The van der Waals surface area contributed by atoms with Crippen LogP contribution in [0.5, 0.6) is 5.75 Å². The molecular formula is C14H16ClNO4. The number of hydrogen-bond acceptors (Lipinski definition) is 3. The lowest BCUT2D eigenvalue weighted by atomic mass is 9.98. The molecule has 0 aliphatic carbocycles. The minimum Gasteiger partial charge on any atom is -0.482 e. The Hall–Kier alpha value is -1.75. The van der Waals surface area contributed by atoms with E-state index in [1.165, 1.54) is 0 Å². The van der Waals surface area contributed by atoms with E-state index in [0.717, 1.165) is 0 Å². The second kappa shape index (κ2) is 6.61. The molecule has 0 unspecified atom stereocenters. The van der Waals surface area contributed by atoms with Gasteiger partial charge in [-0.05, 0) is 25.0 Å². The first kappa shape index (κ1) is 14.7. The van der Waals surface area contributed by atoms with Crippen LogP contribution in [-0.2, 0) is 9.59 Å². The van der Waals surface area contributed by atoms with Gasteiger partial charge in [0.15, 0.2) is 6.61 Å². The number of rotatable bonds is 4. The standard InChI is InChI=1S/C14H16ClNO4/c15-11-5-1-2-6-12(11)20-9-13(17)16-7-3-4-10(8-16)14(18)19/h1-2,5-6,10H,3-4,7-9H2,(H,18,19)/t10-/m1/s1. The Morgan fingerprint density at radius 2 is 2.15 bits per heavy atom. The molecule has 1 fully saturated rings. The van der Waals surface area contributed by atoms with Gasteiger partial charge < -0.3 is 14.7 Å². The van der Waals surface area contributed by atoms with E-state index in [0.29, 0.717) is 30.2 Å². The van der Waals surface area contributed by atoms with Crippen molar-refractivity contribution in [2.45, 2.75) is 12.8 Å². The molecule has 5 nitrogen and oxygen atoms in total. The van der Waals surface area contributed by atoms with Crippen molar-refractivity contribution < 1.29 is 19.4 Å². The highest BCUT2D eigenvalue weighted by Gasteiger charge is 2.28. The summed E-state index contributed by atoms with van der Waals surface area (Å²) in [5, 5.41) is 9.44. The van der Waals surface area contributed by atoms with Crippen LogP contribution in [0.1, 0.15) is 12.8 Å². The van der Waals surface area contributed by atoms with Gasteiger partial charge in [-0.15, -0.1) is 0 Å². The van der Waals surface area contributed by atoms with Gasteiger partial charge in [0.25, 0.3) is 5.91 Å². The van der Waals surface area contributed by atoms with Crippen molar-refractivity contribution >= 4 is 23.5 Å². The van der Waals surface area contributed by atoms with Crippen molar-refractivity contribution in [3.8, 4) is 5.75 Å². The van der Waals surface area contributed by atoms with Gasteiger partial charge in [0, 0.05) is 13.1 Å². The summed E-state index contributed by atoms with van der Waals surface area (Å²) in [6, 6.07) is 6.92.